The predicted molar refractivity (Wildman–Crippen MR) is 132 cm³/mol. The zero-order valence-corrected chi connectivity index (χ0v) is 20.0. The number of benzene rings is 3. The van der Waals surface area contributed by atoms with Crippen LogP contribution in [-0.4, -0.2) is 35.7 Å². The van der Waals surface area contributed by atoms with E-state index in [1.807, 2.05) is 36.4 Å². The van der Waals surface area contributed by atoms with Crippen LogP contribution in [0.15, 0.2) is 71.2 Å². The highest BCUT2D eigenvalue weighted by Gasteiger charge is 2.29. The third-order valence-electron chi connectivity index (χ3n) is 5.66. The first-order chi connectivity index (χ1) is 16.3. The van der Waals surface area contributed by atoms with E-state index < -0.39 is 24.0 Å². The minimum absolute atomic E-state index is 0.0831. The third-order valence-corrected chi connectivity index (χ3v) is 6.16. The Kier molecular flexibility index (Phi) is 6.98. The van der Waals surface area contributed by atoms with Gasteiger partial charge in [0.2, 0.25) is 0 Å². The number of amides is 2. The van der Waals surface area contributed by atoms with Crippen molar-refractivity contribution >= 4 is 39.6 Å². The monoisotopic (exact) mass is 522 g/mol. The van der Waals surface area contributed by atoms with Crippen LogP contribution >= 0.6 is 15.9 Å². The van der Waals surface area contributed by atoms with Gasteiger partial charge in [-0.2, -0.15) is 0 Å². The summed E-state index contributed by atoms with van der Waals surface area (Å²) in [6.07, 6.45) is -0.898. The molecule has 0 unspecified atom stereocenters. The molecule has 7 nitrogen and oxygen atoms in total. The fourth-order valence-electron chi connectivity index (χ4n) is 4.18. The maximum Gasteiger partial charge on any atom is 0.411 e. The summed E-state index contributed by atoms with van der Waals surface area (Å²) in [6.45, 7) is 1.74. The van der Waals surface area contributed by atoms with Gasteiger partial charge >= 0.3 is 12.1 Å². The molecule has 0 aromatic heterocycles. The zero-order valence-electron chi connectivity index (χ0n) is 18.4. The molecule has 1 atom stereocenters. The average Bonchev–Trinajstić information content (AvgIpc) is 3.11. The van der Waals surface area contributed by atoms with Crippen molar-refractivity contribution in [3.8, 4) is 11.1 Å². The van der Waals surface area contributed by atoms with Crippen molar-refractivity contribution in [2.24, 2.45) is 0 Å². The van der Waals surface area contributed by atoms with Gasteiger partial charge in [0.05, 0.1) is 17.7 Å². The van der Waals surface area contributed by atoms with Crippen molar-refractivity contribution in [2.75, 3.05) is 11.9 Å². The number of nitrogens with one attached hydrogen (secondary N) is 2. The standard InChI is InChI=1S/C26H23BrN2O5/c1-15(12-24(30)31)28-25(32)21-11-10-16(27)13-23(21)29-26(33)34-14-22-19-8-4-2-6-17(19)18-7-3-5-9-20(18)22/h2-11,13,15,22H,12,14H2,1H3,(H,28,32)(H,29,33)(H,30,31)/t15-/m1/s1. The summed E-state index contributed by atoms with van der Waals surface area (Å²) < 4.78 is 6.24. The van der Waals surface area contributed by atoms with Crippen molar-refractivity contribution in [3.05, 3.63) is 87.9 Å². The molecule has 0 saturated carbocycles. The molecule has 1 aliphatic carbocycles. The Hall–Kier alpha value is -3.65. The van der Waals surface area contributed by atoms with Gasteiger partial charge in [-0.3, -0.25) is 14.9 Å². The van der Waals surface area contributed by atoms with Gasteiger partial charge in [-0.05, 0) is 47.4 Å². The molecule has 174 valence electrons. The molecule has 34 heavy (non-hydrogen) atoms. The van der Waals surface area contributed by atoms with E-state index in [1.165, 1.54) is 0 Å². The van der Waals surface area contributed by atoms with Gasteiger partial charge < -0.3 is 15.2 Å². The average molecular weight is 523 g/mol. The maximum atomic E-state index is 12.7. The molecule has 3 aromatic rings. The lowest BCUT2D eigenvalue weighted by molar-refractivity contribution is -0.137. The Morgan fingerprint density at radius 1 is 1.00 bits per heavy atom. The van der Waals surface area contributed by atoms with Crippen LogP contribution in [0.5, 0.6) is 0 Å². The number of carbonyl (C=O) groups is 3. The minimum Gasteiger partial charge on any atom is -0.481 e. The SMILES string of the molecule is C[C@H](CC(=O)O)NC(=O)c1ccc(Br)cc1NC(=O)OCC1c2ccccc2-c2ccccc21. The first kappa shape index (κ1) is 23.5. The zero-order chi connectivity index (χ0) is 24.2. The Bertz CT molecular complexity index is 1210. The quantitative estimate of drug-likeness (QED) is 0.385. The topological polar surface area (TPSA) is 105 Å². The van der Waals surface area contributed by atoms with Crippen LogP contribution in [0.4, 0.5) is 10.5 Å². The van der Waals surface area contributed by atoms with Crippen molar-refractivity contribution in [2.45, 2.75) is 25.3 Å². The molecule has 0 saturated heterocycles. The number of carbonyl (C=O) groups excluding carboxylic acids is 2. The number of fused-ring (bicyclic) bond motifs is 3. The van der Waals surface area contributed by atoms with Crippen molar-refractivity contribution in [1.29, 1.82) is 0 Å². The van der Waals surface area contributed by atoms with E-state index in [0.29, 0.717) is 4.47 Å². The normalized spacial score (nSPS) is 12.9. The second kappa shape index (κ2) is 10.1. The molecule has 0 spiro atoms. The molecule has 0 aliphatic heterocycles. The van der Waals surface area contributed by atoms with Crippen molar-refractivity contribution < 1.29 is 24.2 Å². The highest BCUT2D eigenvalue weighted by molar-refractivity contribution is 9.10. The van der Waals surface area contributed by atoms with Crippen LogP contribution < -0.4 is 10.6 Å². The highest BCUT2D eigenvalue weighted by atomic mass is 79.9. The van der Waals surface area contributed by atoms with Crippen molar-refractivity contribution in [1.82, 2.24) is 5.32 Å². The molecule has 2 amide bonds. The number of aliphatic carboxylic acids is 1. The number of carboxylic acids is 1. The van der Waals surface area contributed by atoms with Gasteiger partial charge in [0.1, 0.15) is 6.61 Å². The first-order valence-electron chi connectivity index (χ1n) is 10.8. The number of halogens is 1. The van der Waals surface area contributed by atoms with Gasteiger partial charge in [-0.1, -0.05) is 64.5 Å². The Morgan fingerprint density at radius 3 is 2.24 bits per heavy atom. The largest absolute Gasteiger partial charge is 0.481 e. The fourth-order valence-corrected chi connectivity index (χ4v) is 4.54. The number of ether oxygens (including phenoxy) is 1. The molecular weight excluding hydrogens is 500 g/mol. The Morgan fingerprint density at radius 2 is 1.62 bits per heavy atom. The number of anilines is 1. The maximum absolute atomic E-state index is 12.7. The second-order valence-corrected chi connectivity index (χ2v) is 9.03. The summed E-state index contributed by atoms with van der Waals surface area (Å²) in [5.74, 6) is -1.59. The molecule has 3 N–H and O–H groups in total. The van der Waals surface area contributed by atoms with Crippen LogP contribution in [0.25, 0.3) is 11.1 Å². The smallest absolute Gasteiger partial charge is 0.411 e. The number of hydrogen-bond acceptors (Lipinski definition) is 4. The van der Waals surface area contributed by atoms with E-state index >= 15 is 0 Å². The second-order valence-electron chi connectivity index (χ2n) is 8.11. The summed E-state index contributed by atoms with van der Waals surface area (Å²) in [5, 5.41) is 14.2. The van der Waals surface area contributed by atoms with Crippen LogP contribution in [0.3, 0.4) is 0 Å². The fraction of sp³-hybridized carbons (Fsp3) is 0.192. The van der Waals surface area contributed by atoms with E-state index in [4.69, 9.17) is 9.84 Å². The van der Waals surface area contributed by atoms with E-state index in [2.05, 4.69) is 38.7 Å². The number of hydrogen-bond donors (Lipinski definition) is 3. The van der Waals surface area contributed by atoms with Crippen LogP contribution in [0.1, 0.15) is 40.7 Å². The van der Waals surface area contributed by atoms with Crippen LogP contribution in [0.2, 0.25) is 0 Å². The van der Waals surface area contributed by atoms with Gasteiger partial charge in [0.15, 0.2) is 0 Å². The summed E-state index contributed by atoms with van der Waals surface area (Å²) in [7, 11) is 0. The lowest BCUT2D eigenvalue weighted by Gasteiger charge is -2.17. The highest BCUT2D eigenvalue weighted by Crippen LogP contribution is 2.44. The summed E-state index contributed by atoms with van der Waals surface area (Å²) >= 11 is 3.35. The molecule has 0 radical (unpaired) electrons. The van der Waals surface area contributed by atoms with E-state index in [1.54, 1.807) is 25.1 Å². The van der Waals surface area contributed by atoms with Gasteiger partial charge in [-0.15, -0.1) is 0 Å². The van der Waals surface area contributed by atoms with Gasteiger partial charge in [-0.25, -0.2) is 4.79 Å². The Balaban J connectivity index is 1.46. The lowest BCUT2D eigenvalue weighted by Crippen LogP contribution is -2.34. The summed E-state index contributed by atoms with van der Waals surface area (Å²) in [6, 6.07) is 20.3. The summed E-state index contributed by atoms with van der Waals surface area (Å²) in [5.41, 5.74) is 4.93. The molecule has 3 aromatic carbocycles. The molecule has 4 rings (SSSR count). The molecular formula is C26H23BrN2O5. The van der Waals surface area contributed by atoms with Crippen LogP contribution in [-0.2, 0) is 9.53 Å². The molecule has 8 heteroatoms. The molecule has 1 aliphatic rings. The van der Waals surface area contributed by atoms with Gasteiger partial charge in [0, 0.05) is 16.4 Å². The van der Waals surface area contributed by atoms with E-state index in [0.717, 1.165) is 22.3 Å². The molecule has 0 fully saturated rings. The third kappa shape index (κ3) is 5.12. The minimum atomic E-state index is -1.01. The van der Waals surface area contributed by atoms with Crippen molar-refractivity contribution in [3.63, 3.8) is 0 Å². The molecule has 0 heterocycles. The number of carboxylic acid groups (broad SMARTS) is 1. The summed E-state index contributed by atoms with van der Waals surface area (Å²) in [4.78, 5) is 36.3. The van der Waals surface area contributed by atoms with Gasteiger partial charge in [0.25, 0.3) is 5.91 Å². The van der Waals surface area contributed by atoms with Crippen LogP contribution in [0, 0.1) is 0 Å². The first-order valence-corrected chi connectivity index (χ1v) is 11.6. The predicted octanol–water partition coefficient (Wildman–Crippen LogP) is 5.40. The Labute approximate surface area is 205 Å². The molecule has 0 bridgehead atoms. The number of rotatable bonds is 7. The van der Waals surface area contributed by atoms with E-state index in [9.17, 15) is 14.4 Å². The van der Waals surface area contributed by atoms with E-state index in [-0.39, 0.29) is 30.2 Å². The lowest BCUT2D eigenvalue weighted by atomic mass is 9.98.